The van der Waals surface area contributed by atoms with Crippen LogP contribution in [-0.2, 0) is 0 Å². The second kappa shape index (κ2) is 6.64. The van der Waals surface area contributed by atoms with Gasteiger partial charge in [0.05, 0.1) is 0 Å². The van der Waals surface area contributed by atoms with Crippen LogP contribution in [0.2, 0.25) is 0 Å². The zero-order valence-electron chi connectivity index (χ0n) is 11.2. The number of thioether (sulfide) groups is 1. The maximum Gasteiger partial charge on any atom is 0.231 e. The summed E-state index contributed by atoms with van der Waals surface area (Å²) in [5, 5.41) is 4.23. The number of nitrogens with one attached hydrogen (secondary N) is 1. The van der Waals surface area contributed by atoms with E-state index < -0.39 is 0 Å². The summed E-state index contributed by atoms with van der Waals surface area (Å²) in [4.78, 5) is 15.3. The molecule has 0 amide bonds. The molecule has 6 heteroatoms. The van der Waals surface area contributed by atoms with E-state index in [1.807, 2.05) is 7.05 Å². The van der Waals surface area contributed by atoms with E-state index in [9.17, 15) is 0 Å². The van der Waals surface area contributed by atoms with Gasteiger partial charge in [0.2, 0.25) is 11.9 Å². The van der Waals surface area contributed by atoms with Gasteiger partial charge in [-0.2, -0.15) is 15.0 Å². The SMILES string of the molecule is CCN(CC)c1nc(NC)nc(SC(C)C)n1. The van der Waals surface area contributed by atoms with E-state index in [1.165, 1.54) is 0 Å². The Morgan fingerprint density at radius 3 is 2.29 bits per heavy atom. The van der Waals surface area contributed by atoms with Crippen molar-refractivity contribution in [1.82, 2.24) is 15.0 Å². The van der Waals surface area contributed by atoms with Crippen molar-refractivity contribution < 1.29 is 0 Å². The smallest absolute Gasteiger partial charge is 0.231 e. The van der Waals surface area contributed by atoms with Crippen molar-refractivity contribution >= 4 is 23.7 Å². The standard InChI is InChI=1S/C11H21N5S/c1-6-16(7-2)10-13-9(12-5)14-11(15-10)17-8(3)4/h8H,6-7H2,1-5H3,(H,12,13,14,15). The third-order valence-electron chi connectivity index (χ3n) is 2.21. The van der Waals surface area contributed by atoms with Gasteiger partial charge < -0.3 is 10.2 Å². The Kier molecular flexibility index (Phi) is 5.47. The molecule has 1 aromatic heterocycles. The molecule has 0 fully saturated rings. The highest BCUT2D eigenvalue weighted by atomic mass is 32.2. The highest BCUT2D eigenvalue weighted by molar-refractivity contribution is 7.99. The molecule has 0 radical (unpaired) electrons. The molecular weight excluding hydrogens is 234 g/mol. The van der Waals surface area contributed by atoms with Gasteiger partial charge in [-0.1, -0.05) is 25.6 Å². The summed E-state index contributed by atoms with van der Waals surface area (Å²) in [6.07, 6.45) is 0. The number of nitrogens with zero attached hydrogens (tertiary/aromatic N) is 4. The van der Waals surface area contributed by atoms with Crippen LogP contribution in [0.1, 0.15) is 27.7 Å². The molecule has 1 aromatic rings. The molecule has 96 valence electrons. The minimum absolute atomic E-state index is 0.464. The molecule has 0 saturated carbocycles. The van der Waals surface area contributed by atoms with Crippen LogP contribution in [0, 0.1) is 0 Å². The molecule has 0 bridgehead atoms. The fraction of sp³-hybridized carbons (Fsp3) is 0.727. The monoisotopic (exact) mass is 255 g/mol. The van der Waals surface area contributed by atoms with Crippen molar-refractivity contribution in [2.75, 3.05) is 30.4 Å². The predicted molar refractivity (Wildman–Crippen MR) is 73.9 cm³/mol. The van der Waals surface area contributed by atoms with Gasteiger partial charge in [0, 0.05) is 25.4 Å². The van der Waals surface area contributed by atoms with Crippen molar-refractivity contribution in [1.29, 1.82) is 0 Å². The summed E-state index contributed by atoms with van der Waals surface area (Å²) >= 11 is 1.65. The maximum atomic E-state index is 4.49. The molecule has 17 heavy (non-hydrogen) atoms. The van der Waals surface area contributed by atoms with Gasteiger partial charge in [-0.3, -0.25) is 0 Å². The van der Waals surface area contributed by atoms with Gasteiger partial charge >= 0.3 is 0 Å². The number of hydrogen-bond acceptors (Lipinski definition) is 6. The minimum Gasteiger partial charge on any atom is -0.357 e. The molecule has 1 rings (SSSR count). The molecular formula is C11H21N5S. The Morgan fingerprint density at radius 1 is 1.18 bits per heavy atom. The molecule has 0 atom stereocenters. The quantitative estimate of drug-likeness (QED) is 0.787. The average Bonchev–Trinajstić information content (AvgIpc) is 2.29. The average molecular weight is 255 g/mol. The van der Waals surface area contributed by atoms with Crippen molar-refractivity contribution in [3.8, 4) is 0 Å². The molecule has 0 unspecified atom stereocenters. The van der Waals surface area contributed by atoms with Gasteiger partial charge in [0.1, 0.15) is 0 Å². The molecule has 5 nitrogen and oxygen atoms in total. The van der Waals surface area contributed by atoms with Crippen LogP contribution in [-0.4, -0.2) is 40.3 Å². The van der Waals surface area contributed by atoms with Gasteiger partial charge in [-0.25, -0.2) is 0 Å². The van der Waals surface area contributed by atoms with Crippen LogP contribution >= 0.6 is 11.8 Å². The van der Waals surface area contributed by atoms with Crippen LogP contribution in [0.5, 0.6) is 0 Å². The van der Waals surface area contributed by atoms with Crippen molar-refractivity contribution in [2.45, 2.75) is 38.1 Å². The third kappa shape index (κ3) is 4.03. The van der Waals surface area contributed by atoms with E-state index in [4.69, 9.17) is 0 Å². The Labute approximate surface area is 107 Å². The van der Waals surface area contributed by atoms with Crippen LogP contribution in [0.3, 0.4) is 0 Å². The van der Waals surface area contributed by atoms with Crippen molar-refractivity contribution in [2.24, 2.45) is 0 Å². The van der Waals surface area contributed by atoms with Gasteiger partial charge in [-0.15, -0.1) is 0 Å². The second-order valence-corrected chi connectivity index (χ2v) is 5.37. The predicted octanol–water partition coefficient (Wildman–Crippen LogP) is 2.26. The lowest BCUT2D eigenvalue weighted by molar-refractivity contribution is 0.783. The van der Waals surface area contributed by atoms with E-state index >= 15 is 0 Å². The lowest BCUT2D eigenvalue weighted by atomic mass is 10.5. The highest BCUT2D eigenvalue weighted by Crippen LogP contribution is 2.21. The normalized spacial score (nSPS) is 10.7. The Hall–Kier alpha value is -1.04. The molecule has 0 aliphatic carbocycles. The lowest BCUT2D eigenvalue weighted by Gasteiger charge is -2.19. The molecule has 0 aliphatic rings. The summed E-state index contributed by atoms with van der Waals surface area (Å²) in [7, 11) is 1.82. The van der Waals surface area contributed by atoms with E-state index in [0.717, 1.165) is 24.2 Å². The third-order valence-corrected chi connectivity index (χ3v) is 3.08. The zero-order chi connectivity index (χ0) is 12.8. The number of rotatable bonds is 6. The zero-order valence-corrected chi connectivity index (χ0v) is 12.0. The molecule has 0 saturated heterocycles. The molecule has 1 heterocycles. The van der Waals surface area contributed by atoms with Crippen LogP contribution in [0.4, 0.5) is 11.9 Å². The van der Waals surface area contributed by atoms with Crippen LogP contribution in [0.25, 0.3) is 0 Å². The number of anilines is 2. The Morgan fingerprint density at radius 2 is 1.82 bits per heavy atom. The second-order valence-electron chi connectivity index (χ2n) is 3.83. The van der Waals surface area contributed by atoms with E-state index in [1.54, 1.807) is 11.8 Å². The van der Waals surface area contributed by atoms with E-state index in [-0.39, 0.29) is 0 Å². The fourth-order valence-corrected chi connectivity index (χ4v) is 2.06. The highest BCUT2D eigenvalue weighted by Gasteiger charge is 2.11. The number of aromatic nitrogens is 3. The summed E-state index contributed by atoms with van der Waals surface area (Å²) in [5.74, 6) is 1.38. The van der Waals surface area contributed by atoms with Gasteiger partial charge in [0.15, 0.2) is 5.16 Å². The minimum atomic E-state index is 0.464. The summed E-state index contributed by atoms with van der Waals surface area (Å²) < 4.78 is 0. The summed E-state index contributed by atoms with van der Waals surface area (Å²) in [6, 6.07) is 0. The first-order valence-corrected chi connectivity index (χ1v) is 6.84. The van der Waals surface area contributed by atoms with Crippen molar-refractivity contribution in [3.05, 3.63) is 0 Å². The van der Waals surface area contributed by atoms with E-state index in [2.05, 4.69) is 52.9 Å². The topological polar surface area (TPSA) is 53.9 Å². The van der Waals surface area contributed by atoms with Gasteiger partial charge in [0.25, 0.3) is 0 Å². The lowest BCUT2D eigenvalue weighted by Crippen LogP contribution is -2.25. The van der Waals surface area contributed by atoms with Crippen LogP contribution in [0.15, 0.2) is 5.16 Å². The fourth-order valence-electron chi connectivity index (χ4n) is 1.37. The first-order valence-electron chi connectivity index (χ1n) is 5.96. The maximum absolute atomic E-state index is 4.49. The van der Waals surface area contributed by atoms with Crippen LogP contribution < -0.4 is 10.2 Å². The Bertz CT molecular complexity index is 352. The Balaban J connectivity index is 3.03. The van der Waals surface area contributed by atoms with Crippen molar-refractivity contribution in [3.63, 3.8) is 0 Å². The molecule has 1 N–H and O–H groups in total. The largest absolute Gasteiger partial charge is 0.357 e. The summed E-state index contributed by atoms with van der Waals surface area (Å²) in [6.45, 7) is 10.3. The first kappa shape index (κ1) is 14.0. The summed E-state index contributed by atoms with van der Waals surface area (Å²) in [5.41, 5.74) is 0. The molecule has 0 aromatic carbocycles. The first-order chi connectivity index (χ1) is 8.10. The van der Waals surface area contributed by atoms with Gasteiger partial charge in [-0.05, 0) is 13.8 Å². The molecule has 0 spiro atoms. The number of hydrogen-bond donors (Lipinski definition) is 1. The molecule has 0 aliphatic heterocycles. The van der Waals surface area contributed by atoms with E-state index in [0.29, 0.717) is 11.2 Å².